The van der Waals surface area contributed by atoms with E-state index in [2.05, 4.69) is 4.74 Å². The summed E-state index contributed by atoms with van der Waals surface area (Å²) >= 11 is 0. The van der Waals surface area contributed by atoms with Crippen LogP contribution in [-0.4, -0.2) is 20.2 Å². The molecule has 0 aliphatic rings. The first-order valence-corrected chi connectivity index (χ1v) is 5.05. The SMILES string of the molecule is CCC(C(=O)OC)c1ccc(OC)c(F)c1. The number of carbonyl (C=O) groups is 1. The second-order valence-electron chi connectivity index (χ2n) is 3.38. The Morgan fingerprint density at radius 3 is 2.56 bits per heavy atom. The third-order valence-electron chi connectivity index (χ3n) is 2.47. The molecule has 0 N–H and O–H groups in total. The lowest BCUT2D eigenvalue weighted by Crippen LogP contribution is -2.13. The number of methoxy groups -OCH3 is 2. The molecule has 3 nitrogen and oxygen atoms in total. The van der Waals surface area contributed by atoms with Crippen molar-refractivity contribution in [2.24, 2.45) is 0 Å². The van der Waals surface area contributed by atoms with E-state index >= 15 is 0 Å². The molecule has 16 heavy (non-hydrogen) atoms. The molecule has 0 radical (unpaired) electrons. The van der Waals surface area contributed by atoms with Gasteiger partial charge in [0.1, 0.15) is 0 Å². The van der Waals surface area contributed by atoms with E-state index in [9.17, 15) is 9.18 Å². The molecule has 0 aliphatic heterocycles. The zero-order chi connectivity index (χ0) is 12.1. The molecule has 4 heteroatoms. The van der Waals surface area contributed by atoms with E-state index in [1.165, 1.54) is 26.4 Å². The van der Waals surface area contributed by atoms with Crippen molar-refractivity contribution in [1.82, 2.24) is 0 Å². The molecule has 1 aromatic rings. The number of halogens is 1. The molecule has 0 fully saturated rings. The summed E-state index contributed by atoms with van der Waals surface area (Å²) in [7, 11) is 2.72. The van der Waals surface area contributed by atoms with Gasteiger partial charge in [-0.3, -0.25) is 4.79 Å². The summed E-state index contributed by atoms with van der Waals surface area (Å²) in [5.41, 5.74) is 0.604. The Labute approximate surface area is 94.2 Å². The third-order valence-corrected chi connectivity index (χ3v) is 2.47. The second kappa shape index (κ2) is 5.49. The van der Waals surface area contributed by atoms with Crippen LogP contribution in [0.5, 0.6) is 5.75 Å². The van der Waals surface area contributed by atoms with Crippen LogP contribution in [-0.2, 0) is 9.53 Å². The molecule has 0 saturated heterocycles. The highest BCUT2D eigenvalue weighted by atomic mass is 19.1. The summed E-state index contributed by atoms with van der Waals surface area (Å²) < 4.78 is 22.9. The molecule has 1 unspecified atom stereocenters. The quantitative estimate of drug-likeness (QED) is 0.740. The lowest BCUT2D eigenvalue weighted by molar-refractivity contribution is -0.142. The molecule has 0 bridgehead atoms. The highest BCUT2D eigenvalue weighted by Crippen LogP contribution is 2.25. The Hall–Kier alpha value is -1.58. The zero-order valence-corrected chi connectivity index (χ0v) is 9.62. The van der Waals surface area contributed by atoms with Gasteiger partial charge in [-0.1, -0.05) is 13.0 Å². The molecule has 0 saturated carbocycles. The van der Waals surface area contributed by atoms with Crippen molar-refractivity contribution in [1.29, 1.82) is 0 Å². The fraction of sp³-hybridized carbons (Fsp3) is 0.417. The molecule has 0 aromatic heterocycles. The topological polar surface area (TPSA) is 35.5 Å². The monoisotopic (exact) mass is 226 g/mol. The van der Waals surface area contributed by atoms with E-state index < -0.39 is 11.7 Å². The maximum absolute atomic E-state index is 13.4. The summed E-state index contributed by atoms with van der Waals surface area (Å²) in [5.74, 6) is -1.08. The predicted molar refractivity (Wildman–Crippen MR) is 58.0 cm³/mol. The minimum atomic E-state index is -0.470. The lowest BCUT2D eigenvalue weighted by Gasteiger charge is -2.13. The Morgan fingerprint density at radius 1 is 1.44 bits per heavy atom. The van der Waals surface area contributed by atoms with Crippen LogP contribution >= 0.6 is 0 Å². The molecular weight excluding hydrogens is 211 g/mol. The standard InChI is InChI=1S/C12H15FO3/c1-4-9(12(14)16-3)8-5-6-11(15-2)10(13)7-8/h5-7,9H,4H2,1-3H3. The molecule has 1 aromatic carbocycles. The van der Waals surface area contributed by atoms with Crippen LogP contribution in [0, 0.1) is 5.82 Å². The van der Waals surface area contributed by atoms with Crippen LogP contribution in [0.25, 0.3) is 0 Å². The molecule has 1 rings (SSSR count). The number of esters is 1. The van der Waals surface area contributed by atoms with Crippen molar-refractivity contribution in [2.75, 3.05) is 14.2 Å². The largest absolute Gasteiger partial charge is 0.494 e. The van der Waals surface area contributed by atoms with Crippen molar-refractivity contribution in [3.63, 3.8) is 0 Å². The van der Waals surface area contributed by atoms with Gasteiger partial charge in [0, 0.05) is 0 Å². The van der Waals surface area contributed by atoms with Gasteiger partial charge in [-0.2, -0.15) is 0 Å². The molecule has 1 atom stereocenters. The smallest absolute Gasteiger partial charge is 0.313 e. The van der Waals surface area contributed by atoms with Crippen molar-refractivity contribution >= 4 is 5.97 Å². The number of hydrogen-bond acceptors (Lipinski definition) is 3. The summed E-state index contributed by atoms with van der Waals surface area (Å²) in [6.07, 6.45) is 0.568. The normalized spacial score (nSPS) is 12.0. The van der Waals surface area contributed by atoms with Crippen LogP contribution in [0.3, 0.4) is 0 Å². The van der Waals surface area contributed by atoms with Crippen LogP contribution in [0.2, 0.25) is 0 Å². The van der Waals surface area contributed by atoms with Crippen LogP contribution in [0.4, 0.5) is 4.39 Å². The summed E-state index contributed by atoms with van der Waals surface area (Å²) in [4.78, 5) is 11.4. The van der Waals surface area contributed by atoms with Gasteiger partial charge in [-0.25, -0.2) is 4.39 Å². The lowest BCUT2D eigenvalue weighted by atomic mass is 9.96. The van der Waals surface area contributed by atoms with Gasteiger partial charge in [0.25, 0.3) is 0 Å². The molecule has 88 valence electrons. The van der Waals surface area contributed by atoms with Gasteiger partial charge in [0.15, 0.2) is 11.6 Å². The summed E-state index contributed by atoms with van der Waals surface area (Å²) in [5, 5.41) is 0. The van der Waals surface area contributed by atoms with E-state index in [1.807, 2.05) is 6.92 Å². The van der Waals surface area contributed by atoms with Crippen LogP contribution in [0.15, 0.2) is 18.2 Å². The molecule has 0 heterocycles. The number of carbonyl (C=O) groups excluding carboxylic acids is 1. The van der Waals surface area contributed by atoms with Gasteiger partial charge in [-0.05, 0) is 24.1 Å². The van der Waals surface area contributed by atoms with E-state index in [-0.39, 0.29) is 11.7 Å². The number of hydrogen-bond donors (Lipinski definition) is 0. The minimum Gasteiger partial charge on any atom is -0.494 e. The average Bonchev–Trinajstić information content (AvgIpc) is 2.30. The Bertz CT molecular complexity index is 377. The summed E-state index contributed by atoms with van der Waals surface area (Å²) in [6.45, 7) is 1.85. The van der Waals surface area contributed by atoms with Gasteiger partial charge < -0.3 is 9.47 Å². The molecule has 0 spiro atoms. The predicted octanol–water partition coefficient (Wildman–Crippen LogP) is 2.50. The average molecular weight is 226 g/mol. The first kappa shape index (κ1) is 12.5. The highest BCUT2D eigenvalue weighted by Gasteiger charge is 2.20. The maximum atomic E-state index is 13.4. The fourth-order valence-electron chi connectivity index (χ4n) is 1.58. The van der Waals surface area contributed by atoms with Crippen molar-refractivity contribution in [3.05, 3.63) is 29.6 Å². The van der Waals surface area contributed by atoms with Gasteiger partial charge in [0.2, 0.25) is 0 Å². The fourth-order valence-corrected chi connectivity index (χ4v) is 1.58. The zero-order valence-electron chi connectivity index (χ0n) is 9.62. The first-order chi connectivity index (χ1) is 7.63. The Kier molecular flexibility index (Phi) is 4.28. The van der Waals surface area contributed by atoms with Crippen molar-refractivity contribution < 1.29 is 18.7 Å². The molecule has 0 amide bonds. The van der Waals surface area contributed by atoms with Gasteiger partial charge in [-0.15, -0.1) is 0 Å². The number of benzene rings is 1. The Balaban J connectivity index is 3.03. The van der Waals surface area contributed by atoms with E-state index in [1.54, 1.807) is 6.07 Å². The van der Waals surface area contributed by atoms with Crippen molar-refractivity contribution in [2.45, 2.75) is 19.3 Å². The highest BCUT2D eigenvalue weighted by molar-refractivity contribution is 5.78. The summed E-state index contributed by atoms with van der Waals surface area (Å²) in [6, 6.07) is 4.49. The number of ether oxygens (including phenoxy) is 2. The van der Waals surface area contributed by atoms with Crippen LogP contribution < -0.4 is 4.74 Å². The first-order valence-electron chi connectivity index (χ1n) is 5.05. The van der Waals surface area contributed by atoms with Gasteiger partial charge >= 0.3 is 5.97 Å². The number of rotatable bonds is 4. The molecule has 0 aliphatic carbocycles. The molecular formula is C12H15FO3. The second-order valence-corrected chi connectivity index (χ2v) is 3.38. The minimum absolute atomic E-state index is 0.170. The third kappa shape index (κ3) is 2.51. The van der Waals surface area contributed by atoms with Gasteiger partial charge in [0.05, 0.1) is 20.1 Å². The maximum Gasteiger partial charge on any atom is 0.313 e. The van der Waals surface area contributed by atoms with E-state index in [4.69, 9.17) is 4.74 Å². The Morgan fingerprint density at radius 2 is 2.12 bits per heavy atom. The van der Waals surface area contributed by atoms with Crippen molar-refractivity contribution in [3.8, 4) is 5.75 Å². The van der Waals surface area contributed by atoms with E-state index in [0.29, 0.717) is 12.0 Å². The van der Waals surface area contributed by atoms with E-state index in [0.717, 1.165) is 0 Å². The van der Waals surface area contributed by atoms with Crippen LogP contribution in [0.1, 0.15) is 24.8 Å².